The third kappa shape index (κ3) is 2.67. The van der Waals surface area contributed by atoms with E-state index in [1.54, 1.807) is 0 Å². The first-order chi connectivity index (χ1) is 7.75. The normalized spacial score (nSPS) is 12.6. The zero-order chi connectivity index (χ0) is 11.4. The molecule has 0 aliphatic rings. The predicted octanol–water partition coefficient (Wildman–Crippen LogP) is 1.67. The van der Waals surface area contributed by atoms with Gasteiger partial charge in [0.1, 0.15) is 0 Å². The molecule has 4 heteroatoms. The van der Waals surface area contributed by atoms with Crippen molar-refractivity contribution in [1.82, 2.24) is 20.1 Å². The van der Waals surface area contributed by atoms with Gasteiger partial charge >= 0.3 is 0 Å². The molecule has 2 heterocycles. The molecule has 16 heavy (non-hydrogen) atoms. The molecule has 0 aliphatic heterocycles. The van der Waals surface area contributed by atoms with Crippen LogP contribution >= 0.6 is 0 Å². The highest BCUT2D eigenvalue weighted by atomic mass is 15.3. The molecule has 2 aromatic heterocycles. The maximum Gasteiger partial charge on any atom is 0.0762 e. The summed E-state index contributed by atoms with van der Waals surface area (Å²) in [6.45, 7) is 2.86. The van der Waals surface area contributed by atoms with Gasteiger partial charge in [-0.25, -0.2) is 0 Å². The molecule has 84 valence electrons. The first-order valence-electron chi connectivity index (χ1n) is 5.38. The Balaban J connectivity index is 1.91. The van der Waals surface area contributed by atoms with Gasteiger partial charge in [-0.15, -0.1) is 0 Å². The molecule has 4 nitrogen and oxygen atoms in total. The van der Waals surface area contributed by atoms with Crippen LogP contribution in [0.15, 0.2) is 36.7 Å². The van der Waals surface area contributed by atoms with Crippen molar-refractivity contribution in [3.8, 4) is 0 Å². The van der Waals surface area contributed by atoms with Crippen molar-refractivity contribution in [2.24, 2.45) is 7.05 Å². The highest BCUT2D eigenvalue weighted by Crippen LogP contribution is 2.08. The van der Waals surface area contributed by atoms with Crippen LogP contribution in [0.25, 0.3) is 0 Å². The van der Waals surface area contributed by atoms with Gasteiger partial charge < -0.3 is 5.32 Å². The fourth-order valence-electron chi connectivity index (χ4n) is 1.55. The molecule has 0 fully saturated rings. The zero-order valence-electron chi connectivity index (χ0n) is 9.59. The Morgan fingerprint density at radius 3 is 2.88 bits per heavy atom. The Bertz CT molecular complexity index is 435. The van der Waals surface area contributed by atoms with Gasteiger partial charge in [-0.3, -0.25) is 9.67 Å². The van der Waals surface area contributed by atoms with E-state index in [-0.39, 0.29) is 6.04 Å². The predicted molar refractivity (Wildman–Crippen MR) is 62.7 cm³/mol. The second kappa shape index (κ2) is 4.90. The lowest BCUT2D eigenvalue weighted by Crippen LogP contribution is -2.19. The molecule has 0 amide bonds. The summed E-state index contributed by atoms with van der Waals surface area (Å²) in [5.74, 6) is 0. The number of aryl methyl sites for hydroxylation is 1. The highest BCUT2D eigenvalue weighted by Gasteiger charge is 2.05. The van der Waals surface area contributed by atoms with Crippen LogP contribution < -0.4 is 5.32 Å². The Labute approximate surface area is 95.3 Å². The molecule has 0 spiro atoms. The van der Waals surface area contributed by atoms with E-state index in [1.165, 1.54) is 0 Å². The van der Waals surface area contributed by atoms with Crippen molar-refractivity contribution < 1.29 is 0 Å². The van der Waals surface area contributed by atoms with Crippen molar-refractivity contribution >= 4 is 0 Å². The molecule has 1 N–H and O–H groups in total. The van der Waals surface area contributed by atoms with E-state index in [2.05, 4.69) is 22.3 Å². The molecule has 1 unspecified atom stereocenters. The standard InChI is InChI=1S/C12H16N4/c1-10(12-5-3-4-7-13-12)14-9-11-6-8-16(2)15-11/h3-8,10,14H,9H2,1-2H3. The Morgan fingerprint density at radius 1 is 1.38 bits per heavy atom. The molecule has 0 aliphatic carbocycles. The lowest BCUT2D eigenvalue weighted by molar-refractivity contribution is 0.550. The van der Waals surface area contributed by atoms with E-state index >= 15 is 0 Å². The summed E-state index contributed by atoms with van der Waals surface area (Å²) in [5, 5.41) is 7.70. The summed E-state index contributed by atoms with van der Waals surface area (Å²) in [5.41, 5.74) is 2.10. The minimum absolute atomic E-state index is 0.239. The van der Waals surface area contributed by atoms with Gasteiger partial charge in [-0.05, 0) is 25.1 Å². The largest absolute Gasteiger partial charge is 0.303 e. The fraction of sp³-hybridized carbons (Fsp3) is 0.333. The van der Waals surface area contributed by atoms with Crippen molar-refractivity contribution in [1.29, 1.82) is 0 Å². The minimum atomic E-state index is 0.239. The quantitative estimate of drug-likeness (QED) is 0.845. The van der Waals surface area contributed by atoms with Crippen molar-refractivity contribution in [3.63, 3.8) is 0 Å². The molecular weight excluding hydrogens is 200 g/mol. The van der Waals surface area contributed by atoms with Crippen LogP contribution in [0.5, 0.6) is 0 Å². The molecule has 2 rings (SSSR count). The summed E-state index contributed by atoms with van der Waals surface area (Å²) in [6, 6.07) is 8.20. The molecule has 2 aromatic rings. The number of hydrogen-bond donors (Lipinski definition) is 1. The number of aromatic nitrogens is 3. The molecular formula is C12H16N4. The Hall–Kier alpha value is -1.68. The number of pyridine rings is 1. The summed E-state index contributed by atoms with van der Waals surface area (Å²) in [6.07, 6.45) is 3.76. The van der Waals surface area contributed by atoms with Crippen LogP contribution in [-0.4, -0.2) is 14.8 Å². The van der Waals surface area contributed by atoms with Crippen LogP contribution in [0.3, 0.4) is 0 Å². The summed E-state index contributed by atoms with van der Waals surface area (Å²) in [7, 11) is 1.92. The van der Waals surface area contributed by atoms with E-state index in [9.17, 15) is 0 Å². The van der Waals surface area contributed by atoms with Gasteiger partial charge in [0.25, 0.3) is 0 Å². The van der Waals surface area contributed by atoms with Gasteiger partial charge in [0.2, 0.25) is 0 Å². The molecule has 0 bridgehead atoms. The van der Waals surface area contributed by atoms with E-state index < -0.39 is 0 Å². The first kappa shape index (κ1) is 10.8. The lowest BCUT2D eigenvalue weighted by Gasteiger charge is -2.11. The van der Waals surface area contributed by atoms with Crippen LogP contribution in [0.2, 0.25) is 0 Å². The van der Waals surface area contributed by atoms with Crippen LogP contribution in [0.1, 0.15) is 24.4 Å². The molecule has 1 atom stereocenters. The summed E-state index contributed by atoms with van der Waals surface area (Å²) in [4.78, 5) is 4.31. The van der Waals surface area contributed by atoms with Crippen LogP contribution in [0, 0.1) is 0 Å². The topological polar surface area (TPSA) is 42.7 Å². The average Bonchev–Trinajstić information content (AvgIpc) is 2.73. The summed E-state index contributed by atoms with van der Waals surface area (Å²) < 4.78 is 1.81. The number of nitrogens with zero attached hydrogens (tertiary/aromatic N) is 3. The number of rotatable bonds is 4. The molecule has 0 aromatic carbocycles. The highest BCUT2D eigenvalue weighted by molar-refractivity contribution is 5.08. The Morgan fingerprint density at radius 2 is 2.25 bits per heavy atom. The molecule has 0 saturated carbocycles. The smallest absolute Gasteiger partial charge is 0.0762 e. The van der Waals surface area contributed by atoms with Crippen LogP contribution in [-0.2, 0) is 13.6 Å². The molecule has 0 saturated heterocycles. The average molecular weight is 216 g/mol. The van der Waals surface area contributed by atoms with E-state index in [1.807, 2.05) is 48.4 Å². The van der Waals surface area contributed by atoms with E-state index in [0.717, 1.165) is 17.9 Å². The maximum atomic E-state index is 4.31. The third-order valence-electron chi connectivity index (χ3n) is 2.49. The first-order valence-corrected chi connectivity index (χ1v) is 5.38. The second-order valence-corrected chi connectivity index (χ2v) is 3.84. The zero-order valence-corrected chi connectivity index (χ0v) is 9.59. The van der Waals surface area contributed by atoms with Gasteiger partial charge in [0.15, 0.2) is 0 Å². The van der Waals surface area contributed by atoms with Gasteiger partial charge in [-0.1, -0.05) is 6.07 Å². The van der Waals surface area contributed by atoms with Crippen molar-refractivity contribution in [3.05, 3.63) is 48.0 Å². The Kier molecular flexibility index (Phi) is 3.31. The molecule has 0 radical (unpaired) electrons. The lowest BCUT2D eigenvalue weighted by atomic mass is 10.2. The maximum absolute atomic E-state index is 4.31. The van der Waals surface area contributed by atoms with Gasteiger partial charge in [0.05, 0.1) is 11.4 Å². The van der Waals surface area contributed by atoms with E-state index in [0.29, 0.717) is 0 Å². The number of nitrogens with one attached hydrogen (secondary N) is 1. The van der Waals surface area contributed by atoms with Gasteiger partial charge in [-0.2, -0.15) is 5.10 Å². The minimum Gasteiger partial charge on any atom is -0.303 e. The van der Waals surface area contributed by atoms with Crippen molar-refractivity contribution in [2.75, 3.05) is 0 Å². The van der Waals surface area contributed by atoms with Crippen LogP contribution in [0.4, 0.5) is 0 Å². The monoisotopic (exact) mass is 216 g/mol. The van der Waals surface area contributed by atoms with Gasteiger partial charge in [0, 0.05) is 32.0 Å². The van der Waals surface area contributed by atoms with Crippen molar-refractivity contribution in [2.45, 2.75) is 19.5 Å². The second-order valence-electron chi connectivity index (χ2n) is 3.84. The van der Waals surface area contributed by atoms with E-state index in [4.69, 9.17) is 0 Å². The number of hydrogen-bond acceptors (Lipinski definition) is 3. The SMILES string of the molecule is CC(NCc1ccn(C)n1)c1ccccn1. The fourth-order valence-corrected chi connectivity index (χ4v) is 1.55. The summed E-state index contributed by atoms with van der Waals surface area (Å²) >= 11 is 0. The third-order valence-corrected chi connectivity index (χ3v) is 2.49.